The van der Waals surface area contributed by atoms with Gasteiger partial charge in [-0.05, 0) is 44.0 Å². The standard InChI is InChI=1S/C17H21N3O/c1-17(18)9-3-2-6-14(17)16(21)20-13-7-8-15-12(11-13)5-4-10-19-15/h4-5,7-8,10-11,14H,2-3,6,9,18H2,1H3,(H,20,21). The van der Waals surface area contributed by atoms with E-state index in [0.717, 1.165) is 42.3 Å². The fraction of sp³-hybridized carbons (Fsp3) is 0.412. The maximum absolute atomic E-state index is 12.5. The molecule has 1 amide bonds. The number of amides is 1. The van der Waals surface area contributed by atoms with Gasteiger partial charge in [0.1, 0.15) is 0 Å². The third kappa shape index (κ3) is 2.90. The Labute approximate surface area is 124 Å². The molecule has 1 fully saturated rings. The number of benzene rings is 1. The van der Waals surface area contributed by atoms with Crippen molar-refractivity contribution in [1.82, 2.24) is 4.98 Å². The minimum absolute atomic E-state index is 0.0305. The second-order valence-electron chi connectivity index (χ2n) is 6.20. The Morgan fingerprint density at radius 1 is 1.38 bits per heavy atom. The molecule has 2 atom stereocenters. The number of nitrogens with zero attached hydrogens (tertiary/aromatic N) is 1. The largest absolute Gasteiger partial charge is 0.326 e. The number of rotatable bonds is 2. The van der Waals surface area contributed by atoms with E-state index < -0.39 is 5.54 Å². The van der Waals surface area contributed by atoms with Crippen molar-refractivity contribution < 1.29 is 4.79 Å². The monoisotopic (exact) mass is 283 g/mol. The number of anilines is 1. The molecule has 1 aromatic carbocycles. The molecule has 0 spiro atoms. The molecule has 0 bridgehead atoms. The smallest absolute Gasteiger partial charge is 0.229 e. The van der Waals surface area contributed by atoms with Gasteiger partial charge in [0.15, 0.2) is 0 Å². The van der Waals surface area contributed by atoms with Crippen molar-refractivity contribution in [3.63, 3.8) is 0 Å². The number of hydrogen-bond donors (Lipinski definition) is 2. The van der Waals surface area contributed by atoms with Gasteiger partial charge in [0.2, 0.25) is 5.91 Å². The Kier molecular flexibility index (Phi) is 3.64. The van der Waals surface area contributed by atoms with Crippen LogP contribution in [-0.2, 0) is 4.79 Å². The topological polar surface area (TPSA) is 68.0 Å². The van der Waals surface area contributed by atoms with Crippen molar-refractivity contribution in [3.05, 3.63) is 36.5 Å². The average molecular weight is 283 g/mol. The van der Waals surface area contributed by atoms with Crippen LogP contribution in [0.1, 0.15) is 32.6 Å². The quantitative estimate of drug-likeness (QED) is 0.890. The fourth-order valence-corrected chi connectivity index (χ4v) is 3.17. The molecule has 1 aliphatic rings. The zero-order chi connectivity index (χ0) is 14.9. The number of aromatic nitrogens is 1. The summed E-state index contributed by atoms with van der Waals surface area (Å²) in [6, 6.07) is 9.66. The van der Waals surface area contributed by atoms with E-state index in [-0.39, 0.29) is 11.8 Å². The Hall–Kier alpha value is -1.94. The molecule has 3 rings (SSSR count). The summed E-state index contributed by atoms with van der Waals surface area (Å²) in [6.45, 7) is 1.99. The third-order valence-corrected chi connectivity index (χ3v) is 4.44. The van der Waals surface area contributed by atoms with Crippen LogP contribution in [0.2, 0.25) is 0 Å². The number of nitrogens with one attached hydrogen (secondary N) is 1. The lowest BCUT2D eigenvalue weighted by Gasteiger charge is -2.37. The fourth-order valence-electron chi connectivity index (χ4n) is 3.17. The zero-order valence-electron chi connectivity index (χ0n) is 12.3. The lowest BCUT2D eigenvalue weighted by atomic mass is 9.74. The van der Waals surface area contributed by atoms with E-state index in [4.69, 9.17) is 5.73 Å². The summed E-state index contributed by atoms with van der Waals surface area (Å²) in [7, 11) is 0. The van der Waals surface area contributed by atoms with Crippen LogP contribution in [0.3, 0.4) is 0 Å². The van der Waals surface area contributed by atoms with Crippen molar-refractivity contribution in [3.8, 4) is 0 Å². The minimum Gasteiger partial charge on any atom is -0.326 e. The van der Waals surface area contributed by atoms with Gasteiger partial charge in [0.25, 0.3) is 0 Å². The molecule has 1 heterocycles. The van der Waals surface area contributed by atoms with Crippen LogP contribution in [0.4, 0.5) is 5.69 Å². The van der Waals surface area contributed by atoms with Crippen LogP contribution >= 0.6 is 0 Å². The summed E-state index contributed by atoms with van der Waals surface area (Å²) in [4.78, 5) is 16.8. The number of carbonyl (C=O) groups excluding carboxylic acids is 1. The van der Waals surface area contributed by atoms with E-state index in [9.17, 15) is 4.79 Å². The third-order valence-electron chi connectivity index (χ3n) is 4.44. The number of hydrogen-bond acceptors (Lipinski definition) is 3. The SMILES string of the molecule is CC1(N)CCCCC1C(=O)Nc1ccc2ncccc2c1. The molecule has 0 aliphatic heterocycles. The molecule has 1 aliphatic carbocycles. The molecule has 0 saturated heterocycles. The van der Waals surface area contributed by atoms with E-state index in [2.05, 4.69) is 10.3 Å². The predicted octanol–water partition coefficient (Wildman–Crippen LogP) is 3.08. The highest BCUT2D eigenvalue weighted by Gasteiger charge is 2.37. The van der Waals surface area contributed by atoms with Gasteiger partial charge < -0.3 is 11.1 Å². The van der Waals surface area contributed by atoms with E-state index in [1.807, 2.05) is 37.3 Å². The molecule has 21 heavy (non-hydrogen) atoms. The Balaban J connectivity index is 1.79. The predicted molar refractivity (Wildman–Crippen MR) is 84.9 cm³/mol. The van der Waals surface area contributed by atoms with Gasteiger partial charge in [-0.15, -0.1) is 0 Å². The second kappa shape index (κ2) is 5.45. The summed E-state index contributed by atoms with van der Waals surface area (Å²) in [5, 5.41) is 4.04. The van der Waals surface area contributed by atoms with Crippen molar-refractivity contribution in [1.29, 1.82) is 0 Å². The van der Waals surface area contributed by atoms with E-state index in [0.29, 0.717) is 0 Å². The number of carbonyl (C=O) groups is 1. The van der Waals surface area contributed by atoms with E-state index in [1.54, 1.807) is 6.20 Å². The van der Waals surface area contributed by atoms with Crippen molar-refractivity contribution in [2.75, 3.05) is 5.32 Å². The molecule has 0 radical (unpaired) electrons. The normalized spacial score (nSPS) is 25.7. The lowest BCUT2D eigenvalue weighted by molar-refractivity contribution is -0.122. The highest BCUT2D eigenvalue weighted by atomic mass is 16.1. The number of nitrogens with two attached hydrogens (primary N) is 1. The first-order chi connectivity index (χ1) is 10.1. The molecule has 4 heteroatoms. The Morgan fingerprint density at radius 2 is 2.24 bits per heavy atom. The van der Waals surface area contributed by atoms with Gasteiger partial charge >= 0.3 is 0 Å². The highest BCUT2D eigenvalue weighted by molar-refractivity contribution is 5.95. The summed E-state index contributed by atoms with van der Waals surface area (Å²) in [5.74, 6) is -0.0845. The van der Waals surface area contributed by atoms with Crippen LogP contribution < -0.4 is 11.1 Å². The summed E-state index contributed by atoms with van der Waals surface area (Å²) in [5.41, 5.74) is 7.63. The van der Waals surface area contributed by atoms with Gasteiger partial charge in [0, 0.05) is 22.8 Å². The first-order valence-corrected chi connectivity index (χ1v) is 7.51. The van der Waals surface area contributed by atoms with Gasteiger partial charge in [-0.1, -0.05) is 18.9 Å². The highest BCUT2D eigenvalue weighted by Crippen LogP contribution is 2.32. The van der Waals surface area contributed by atoms with Crippen molar-refractivity contribution >= 4 is 22.5 Å². The Morgan fingerprint density at radius 3 is 3.05 bits per heavy atom. The molecule has 1 aromatic heterocycles. The minimum atomic E-state index is -0.402. The van der Waals surface area contributed by atoms with Gasteiger partial charge in [-0.25, -0.2) is 0 Å². The number of pyridine rings is 1. The van der Waals surface area contributed by atoms with Gasteiger partial charge in [-0.2, -0.15) is 0 Å². The van der Waals surface area contributed by atoms with Crippen LogP contribution in [0.15, 0.2) is 36.5 Å². The van der Waals surface area contributed by atoms with Crippen LogP contribution in [0, 0.1) is 5.92 Å². The summed E-state index contributed by atoms with van der Waals surface area (Å²) < 4.78 is 0. The summed E-state index contributed by atoms with van der Waals surface area (Å²) >= 11 is 0. The van der Waals surface area contributed by atoms with E-state index >= 15 is 0 Å². The van der Waals surface area contributed by atoms with Crippen LogP contribution in [-0.4, -0.2) is 16.4 Å². The van der Waals surface area contributed by atoms with Gasteiger partial charge in [-0.3, -0.25) is 9.78 Å². The zero-order valence-corrected chi connectivity index (χ0v) is 12.3. The lowest BCUT2D eigenvalue weighted by Crippen LogP contribution is -2.51. The van der Waals surface area contributed by atoms with E-state index in [1.165, 1.54) is 0 Å². The van der Waals surface area contributed by atoms with Crippen molar-refractivity contribution in [2.24, 2.45) is 11.7 Å². The average Bonchev–Trinajstić information content (AvgIpc) is 2.46. The molecule has 4 nitrogen and oxygen atoms in total. The Bertz CT molecular complexity index is 666. The van der Waals surface area contributed by atoms with Crippen molar-refractivity contribution in [2.45, 2.75) is 38.1 Å². The first-order valence-electron chi connectivity index (χ1n) is 7.51. The number of fused-ring (bicyclic) bond motifs is 1. The maximum Gasteiger partial charge on any atom is 0.229 e. The van der Waals surface area contributed by atoms with Crippen LogP contribution in [0.25, 0.3) is 10.9 Å². The second-order valence-corrected chi connectivity index (χ2v) is 6.20. The summed E-state index contributed by atoms with van der Waals surface area (Å²) in [6.07, 6.45) is 5.73. The molecular formula is C17H21N3O. The molecular weight excluding hydrogens is 262 g/mol. The molecule has 2 aromatic rings. The van der Waals surface area contributed by atoms with Crippen LogP contribution in [0.5, 0.6) is 0 Å². The van der Waals surface area contributed by atoms with Gasteiger partial charge in [0.05, 0.1) is 11.4 Å². The molecule has 2 unspecified atom stereocenters. The molecule has 3 N–H and O–H groups in total. The molecule has 1 saturated carbocycles. The maximum atomic E-state index is 12.5. The molecule has 110 valence electrons. The first kappa shape index (κ1) is 14.0.